The van der Waals surface area contributed by atoms with Crippen LogP contribution in [0.5, 0.6) is 0 Å². The van der Waals surface area contributed by atoms with Gasteiger partial charge in [-0.15, -0.1) is 0 Å². The molecule has 3 rings (SSSR count). The number of Topliss-reactive ketones (excluding diaryl/α,β-unsaturated/α-hetero) is 1. The van der Waals surface area contributed by atoms with Gasteiger partial charge in [-0.05, 0) is 37.8 Å². The van der Waals surface area contributed by atoms with E-state index in [-0.39, 0.29) is 5.78 Å². The van der Waals surface area contributed by atoms with Gasteiger partial charge in [0.2, 0.25) is 0 Å². The zero-order chi connectivity index (χ0) is 15.7. The SMILES string of the molecule is COC(=O)/C=C/C1=C(C2CCCC2)N2C=CC=CC2(C)C1=O. The highest BCUT2D eigenvalue weighted by molar-refractivity contribution is 6.10. The number of nitrogens with zero attached hydrogens (tertiary/aromatic N) is 1. The number of allylic oxidation sites excluding steroid dienone is 4. The number of carbonyl (C=O) groups excluding carboxylic acids is 2. The van der Waals surface area contributed by atoms with E-state index >= 15 is 0 Å². The van der Waals surface area contributed by atoms with Crippen LogP contribution in [0.15, 0.2) is 47.9 Å². The fraction of sp³-hybridized carbons (Fsp3) is 0.444. The van der Waals surface area contributed by atoms with Gasteiger partial charge in [0.1, 0.15) is 5.54 Å². The van der Waals surface area contributed by atoms with Crippen LogP contribution in [0.1, 0.15) is 32.6 Å². The lowest BCUT2D eigenvalue weighted by atomic mass is 9.92. The van der Waals surface area contributed by atoms with Crippen LogP contribution in [0.3, 0.4) is 0 Å². The summed E-state index contributed by atoms with van der Waals surface area (Å²) in [5.41, 5.74) is 1.05. The molecule has 1 unspecified atom stereocenters. The van der Waals surface area contributed by atoms with Crippen LogP contribution in [-0.2, 0) is 14.3 Å². The molecule has 1 saturated carbocycles. The van der Waals surface area contributed by atoms with Crippen molar-refractivity contribution in [2.75, 3.05) is 7.11 Å². The number of methoxy groups -OCH3 is 1. The van der Waals surface area contributed by atoms with Gasteiger partial charge in [-0.3, -0.25) is 4.79 Å². The van der Waals surface area contributed by atoms with Gasteiger partial charge in [0.05, 0.1) is 7.11 Å². The Kier molecular flexibility index (Phi) is 3.77. The first-order valence-corrected chi connectivity index (χ1v) is 7.78. The molecule has 0 saturated heterocycles. The van der Waals surface area contributed by atoms with Crippen molar-refractivity contribution in [2.45, 2.75) is 38.1 Å². The number of rotatable bonds is 3. The quantitative estimate of drug-likeness (QED) is 0.594. The minimum atomic E-state index is -0.664. The molecule has 22 heavy (non-hydrogen) atoms. The molecule has 0 spiro atoms. The summed E-state index contributed by atoms with van der Waals surface area (Å²) in [7, 11) is 1.34. The Bertz CT molecular complexity index is 620. The summed E-state index contributed by atoms with van der Waals surface area (Å²) < 4.78 is 4.65. The minimum absolute atomic E-state index is 0.0511. The van der Waals surface area contributed by atoms with Crippen molar-refractivity contribution in [3.05, 3.63) is 47.9 Å². The lowest BCUT2D eigenvalue weighted by Gasteiger charge is -2.36. The number of ketones is 1. The number of fused-ring (bicyclic) bond motifs is 1. The fourth-order valence-corrected chi connectivity index (χ4v) is 3.64. The second-order valence-corrected chi connectivity index (χ2v) is 6.18. The van der Waals surface area contributed by atoms with Crippen molar-refractivity contribution in [1.82, 2.24) is 4.90 Å². The van der Waals surface area contributed by atoms with Crippen LogP contribution < -0.4 is 0 Å². The molecule has 4 heteroatoms. The van der Waals surface area contributed by atoms with E-state index in [0.717, 1.165) is 18.5 Å². The smallest absolute Gasteiger partial charge is 0.330 e. The molecule has 1 fully saturated rings. The maximum absolute atomic E-state index is 12.9. The second-order valence-electron chi connectivity index (χ2n) is 6.18. The van der Waals surface area contributed by atoms with E-state index in [2.05, 4.69) is 9.64 Å². The molecule has 2 heterocycles. The van der Waals surface area contributed by atoms with Crippen molar-refractivity contribution >= 4 is 11.8 Å². The van der Waals surface area contributed by atoms with E-state index in [1.165, 1.54) is 26.0 Å². The van der Waals surface area contributed by atoms with Crippen molar-refractivity contribution in [1.29, 1.82) is 0 Å². The molecule has 0 aromatic heterocycles. The highest BCUT2D eigenvalue weighted by atomic mass is 16.5. The first kappa shape index (κ1) is 14.8. The third kappa shape index (κ3) is 2.23. The summed E-state index contributed by atoms with van der Waals surface area (Å²) in [4.78, 5) is 26.4. The largest absolute Gasteiger partial charge is 0.466 e. The molecule has 116 valence electrons. The highest BCUT2D eigenvalue weighted by Crippen LogP contribution is 2.45. The average molecular weight is 299 g/mol. The number of carbonyl (C=O) groups is 2. The Labute approximate surface area is 130 Å². The van der Waals surface area contributed by atoms with Crippen molar-refractivity contribution < 1.29 is 14.3 Å². The molecule has 0 radical (unpaired) electrons. The number of esters is 1. The molecule has 0 aromatic carbocycles. The first-order chi connectivity index (χ1) is 10.6. The van der Waals surface area contributed by atoms with Crippen LogP contribution in [0.4, 0.5) is 0 Å². The van der Waals surface area contributed by atoms with Crippen molar-refractivity contribution in [3.63, 3.8) is 0 Å². The molecule has 0 amide bonds. The van der Waals surface area contributed by atoms with E-state index < -0.39 is 11.5 Å². The molecule has 0 aromatic rings. The van der Waals surface area contributed by atoms with Gasteiger partial charge in [-0.1, -0.05) is 25.0 Å². The number of hydrogen-bond donors (Lipinski definition) is 0. The average Bonchev–Trinajstić information content (AvgIpc) is 3.11. The number of hydrogen-bond acceptors (Lipinski definition) is 4. The van der Waals surface area contributed by atoms with Gasteiger partial charge in [0.25, 0.3) is 0 Å². The highest BCUT2D eigenvalue weighted by Gasteiger charge is 2.48. The van der Waals surface area contributed by atoms with E-state index in [4.69, 9.17) is 0 Å². The van der Waals surface area contributed by atoms with Crippen LogP contribution in [-0.4, -0.2) is 29.3 Å². The van der Waals surface area contributed by atoms with E-state index in [1.807, 2.05) is 31.4 Å². The fourth-order valence-electron chi connectivity index (χ4n) is 3.64. The zero-order valence-electron chi connectivity index (χ0n) is 13.0. The third-order valence-electron chi connectivity index (χ3n) is 4.84. The Morgan fingerprint density at radius 3 is 2.77 bits per heavy atom. The van der Waals surface area contributed by atoms with Crippen LogP contribution in [0, 0.1) is 5.92 Å². The van der Waals surface area contributed by atoms with Crippen LogP contribution in [0.25, 0.3) is 0 Å². The summed E-state index contributed by atoms with van der Waals surface area (Å²) in [6.07, 6.45) is 15.3. The maximum Gasteiger partial charge on any atom is 0.330 e. The number of ether oxygens (including phenoxy) is 1. The molecule has 2 aliphatic heterocycles. The summed E-state index contributed by atoms with van der Waals surface area (Å²) in [6, 6.07) is 0. The summed E-state index contributed by atoms with van der Waals surface area (Å²) >= 11 is 0. The second kappa shape index (κ2) is 5.59. The lowest BCUT2D eigenvalue weighted by molar-refractivity contribution is -0.134. The maximum atomic E-state index is 12.9. The Balaban J connectivity index is 2.05. The van der Waals surface area contributed by atoms with Gasteiger partial charge < -0.3 is 9.64 Å². The predicted octanol–water partition coefficient (Wildman–Crippen LogP) is 2.89. The molecular weight excluding hydrogens is 278 g/mol. The molecule has 0 N–H and O–H groups in total. The molecule has 4 nitrogen and oxygen atoms in total. The van der Waals surface area contributed by atoms with E-state index in [9.17, 15) is 9.59 Å². The van der Waals surface area contributed by atoms with Gasteiger partial charge in [-0.25, -0.2) is 4.79 Å². The van der Waals surface area contributed by atoms with Gasteiger partial charge in [0.15, 0.2) is 5.78 Å². The van der Waals surface area contributed by atoms with Crippen LogP contribution in [0.2, 0.25) is 0 Å². The minimum Gasteiger partial charge on any atom is -0.466 e. The molecular formula is C18H21NO3. The topological polar surface area (TPSA) is 46.6 Å². The van der Waals surface area contributed by atoms with Crippen molar-refractivity contribution in [2.24, 2.45) is 5.92 Å². The van der Waals surface area contributed by atoms with Gasteiger partial charge >= 0.3 is 5.97 Å². The lowest BCUT2D eigenvalue weighted by Crippen LogP contribution is -2.44. The molecule has 1 aliphatic carbocycles. The Morgan fingerprint density at radius 1 is 1.36 bits per heavy atom. The first-order valence-electron chi connectivity index (χ1n) is 7.78. The van der Waals surface area contributed by atoms with Crippen LogP contribution >= 0.6 is 0 Å². The summed E-state index contributed by atoms with van der Waals surface area (Å²) in [6.45, 7) is 1.93. The third-order valence-corrected chi connectivity index (χ3v) is 4.84. The summed E-state index contributed by atoms with van der Waals surface area (Å²) in [5, 5.41) is 0. The Hall–Kier alpha value is -2.10. The van der Waals surface area contributed by atoms with Gasteiger partial charge in [0, 0.05) is 23.5 Å². The van der Waals surface area contributed by atoms with E-state index in [1.54, 1.807) is 6.08 Å². The predicted molar refractivity (Wildman–Crippen MR) is 83.7 cm³/mol. The van der Waals surface area contributed by atoms with Gasteiger partial charge in [-0.2, -0.15) is 0 Å². The molecule has 0 bridgehead atoms. The normalized spacial score (nSPS) is 28.1. The zero-order valence-corrected chi connectivity index (χ0v) is 13.0. The monoisotopic (exact) mass is 299 g/mol. The summed E-state index contributed by atoms with van der Waals surface area (Å²) in [5.74, 6) is 0.00144. The molecule has 1 atom stereocenters. The van der Waals surface area contributed by atoms with E-state index in [0.29, 0.717) is 11.5 Å². The Morgan fingerprint density at radius 2 is 2.09 bits per heavy atom. The van der Waals surface area contributed by atoms with Crippen molar-refractivity contribution in [3.8, 4) is 0 Å². The molecule has 3 aliphatic rings. The standard InChI is InChI=1S/C18H21NO3/c1-18-11-5-6-12-19(18)16(13-7-3-4-8-13)14(17(18)21)9-10-15(20)22-2/h5-6,9-13H,3-4,7-8H2,1-2H3/b10-9+.